The number of carbonyl (C=O) groups is 1. The van der Waals surface area contributed by atoms with Crippen molar-refractivity contribution in [2.45, 2.75) is 20.8 Å². The highest BCUT2D eigenvalue weighted by atomic mass is 16.1. The summed E-state index contributed by atoms with van der Waals surface area (Å²) in [4.78, 5) is 11.0. The predicted octanol–water partition coefficient (Wildman–Crippen LogP) is 3.32. The molecule has 3 N–H and O–H groups in total. The molecule has 3 heteroatoms. The van der Waals surface area contributed by atoms with Crippen LogP contribution in [0.3, 0.4) is 0 Å². The van der Waals surface area contributed by atoms with Gasteiger partial charge in [-0.1, -0.05) is 48.6 Å². The van der Waals surface area contributed by atoms with Gasteiger partial charge in [0.05, 0.1) is 5.92 Å². The van der Waals surface area contributed by atoms with Gasteiger partial charge in [0.1, 0.15) is 0 Å². The van der Waals surface area contributed by atoms with Gasteiger partial charge in [0, 0.05) is 6.21 Å². The summed E-state index contributed by atoms with van der Waals surface area (Å²) < 4.78 is 0. The third-order valence-electron chi connectivity index (χ3n) is 2.48. The van der Waals surface area contributed by atoms with E-state index in [0.29, 0.717) is 0 Å². The first-order valence-electron chi connectivity index (χ1n) is 5.97. The topological polar surface area (TPSA) is 66.9 Å². The van der Waals surface area contributed by atoms with E-state index in [1.54, 1.807) is 6.08 Å². The average Bonchev–Trinajstić information content (AvgIpc) is 2.32. The lowest BCUT2D eigenvalue weighted by atomic mass is 10.0. The molecule has 0 aliphatic rings. The van der Waals surface area contributed by atoms with Gasteiger partial charge in [0.15, 0.2) is 0 Å². The third-order valence-corrected chi connectivity index (χ3v) is 2.48. The lowest BCUT2D eigenvalue weighted by Crippen LogP contribution is -2.22. The van der Waals surface area contributed by atoms with Crippen LogP contribution in [0.1, 0.15) is 20.8 Å². The number of carbonyl (C=O) groups excluding carboxylic acids is 1. The fraction of sp³-hybridized carbons (Fsp3) is 0.250. The minimum absolute atomic E-state index is 0.537. The first kappa shape index (κ1) is 16.8. The van der Waals surface area contributed by atoms with Gasteiger partial charge in [-0.25, -0.2) is 0 Å². The molecular formula is C16H22N2O. The number of nitrogens with two attached hydrogens (primary N) is 1. The van der Waals surface area contributed by atoms with Crippen molar-refractivity contribution in [3.05, 3.63) is 59.8 Å². The van der Waals surface area contributed by atoms with Gasteiger partial charge in [-0.3, -0.25) is 4.79 Å². The summed E-state index contributed by atoms with van der Waals surface area (Å²) in [5.41, 5.74) is 8.80. The molecule has 3 nitrogen and oxygen atoms in total. The molecule has 0 heterocycles. The Morgan fingerprint density at radius 1 is 1.21 bits per heavy atom. The summed E-state index contributed by atoms with van der Waals surface area (Å²) in [5.74, 6) is -1.22. The van der Waals surface area contributed by atoms with E-state index < -0.39 is 11.8 Å². The third kappa shape index (κ3) is 6.99. The van der Waals surface area contributed by atoms with E-state index >= 15 is 0 Å². The molecule has 0 aromatic rings. The smallest absolute Gasteiger partial charge is 0.229 e. The largest absolute Gasteiger partial charge is 0.369 e. The van der Waals surface area contributed by atoms with E-state index in [2.05, 4.69) is 13.2 Å². The molecule has 1 amide bonds. The lowest BCUT2D eigenvalue weighted by molar-refractivity contribution is -0.118. The Morgan fingerprint density at radius 3 is 2.21 bits per heavy atom. The number of hydrogen-bond donors (Lipinski definition) is 2. The second-order valence-corrected chi connectivity index (χ2v) is 4.54. The van der Waals surface area contributed by atoms with Crippen LogP contribution < -0.4 is 5.73 Å². The molecule has 1 atom stereocenters. The van der Waals surface area contributed by atoms with Crippen LogP contribution in [0.25, 0.3) is 0 Å². The Bertz CT molecular complexity index is 479. The van der Waals surface area contributed by atoms with Crippen molar-refractivity contribution in [1.82, 2.24) is 0 Å². The Kier molecular flexibility index (Phi) is 7.12. The first-order chi connectivity index (χ1) is 8.77. The van der Waals surface area contributed by atoms with Crippen molar-refractivity contribution in [1.29, 1.82) is 5.41 Å². The van der Waals surface area contributed by atoms with E-state index in [1.165, 1.54) is 0 Å². The number of primary amides is 1. The standard InChI is InChI=1S/C16H22N2O/c1-11(2)6-7-12(3)8-13(4)14(5)9-15(10-17)16(18)19/h6-10,15,17H,1,4H2,2-3,5H3,(H2,18,19)/b7-6-,12-8-,14-9+,17-10?. The molecule has 0 saturated heterocycles. The molecule has 0 spiro atoms. The zero-order valence-electron chi connectivity index (χ0n) is 11.9. The van der Waals surface area contributed by atoms with Crippen LogP contribution in [0.2, 0.25) is 0 Å². The molecule has 0 aliphatic carbocycles. The average molecular weight is 258 g/mol. The van der Waals surface area contributed by atoms with Gasteiger partial charge in [-0.15, -0.1) is 0 Å². The summed E-state index contributed by atoms with van der Waals surface area (Å²) in [5, 5.41) is 7.14. The fourth-order valence-electron chi connectivity index (χ4n) is 1.30. The van der Waals surface area contributed by atoms with Gasteiger partial charge in [0.25, 0.3) is 0 Å². The van der Waals surface area contributed by atoms with E-state index in [0.717, 1.165) is 28.5 Å². The molecule has 19 heavy (non-hydrogen) atoms. The van der Waals surface area contributed by atoms with Crippen LogP contribution in [0.15, 0.2) is 59.8 Å². The number of rotatable bonds is 7. The summed E-state index contributed by atoms with van der Waals surface area (Å²) >= 11 is 0. The molecular weight excluding hydrogens is 236 g/mol. The SMILES string of the molecule is C=C(C)/C=C\C(C)=C/C(=C)/C(C)=C/C(C=N)C(N)=O. The Hall–Kier alpha value is -2.16. The van der Waals surface area contributed by atoms with Gasteiger partial charge in [0.2, 0.25) is 5.91 Å². The molecule has 0 rings (SSSR count). The zero-order chi connectivity index (χ0) is 15.0. The highest BCUT2D eigenvalue weighted by molar-refractivity contribution is 5.93. The fourth-order valence-corrected chi connectivity index (χ4v) is 1.30. The maximum Gasteiger partial charge on any atom is 0.229 e. The van der Waals surface area contributed by atoms with Crippen LogP contribution in [0.5, 0.6) is 0 Å². The van der Waals surface area contributed by atoms with E-state index in [-0.39, 0.29) is 0 Å². The van der Waals surface area contributed by atoms with Crippen LogP contribution >= 0.6 is 0 Å². The zero-order valence-corrected chi connectivity index (χ0v) is 11.9. The predicted molar refractivity (Wildman–Crippen MR) is 82.1 cm³/mol. The monoisotopic (exact) mass is 258 g/mol. The molecule has 0 radical (unpaired) electrons. The van der Waals surface area contributed by atoms with E-state index in [1.807, 2.05) is 39.0 Å². The summed E-state index contributed by atoms with van der Waals surface area (Å²) in [6.07, 6.45) is 8.44. The highest BCUT2D eigenvalue weighted by Gasteiger charge is 2.09. The Morgan fingerprint density at radius 2 is 1.79 bits per heavy atom. The normalized spacial score (nSPS) is 14.3. The van der Waals surface area contributed by atoms with Crippen molar-refractivity contribution in [3.63, 3.8) is 0 Å². The van der Waals surface area contributed by atoms with Gasteiger partial charge in [-0.2, -0.15) is 0 Å². The van der Waals surface area contributed by atoms with Gasteiger partial charge in [-0.05, 0) is 31.9 Å². The second kappa shape index (κ2) is 8.03. The number of allylic oxidation sites excluding steroid dienone is 7. The molecule has 0 aromatic carbocycles. The highest BCUT2D eigenvalue weighted by Crippen LogP contribution is 2.14. The second-order valence-electron chi connectivity index (χ2n) is 4.54. The van der Waals surface area contributed by atoms with Crippen molar-refractivity contribution in [2.24, 2.45) is 11.7 Å². The number of hydrogen-bond acceptors (Lipinski definition) is 2. The molecule has 0 aromatic heterocycles. The summed E-state index contributed by atoms with van der Waals surface area (Å²) in [6.45, 7) is 13.4. The Balaban J connectivity index is 4.97. The maximum absolute atomic E-state index is 11.0. The Labute approximate surface area is 115 Å². The van der Waals surface area contributed by atoms with E-state index in [4.69, 9.17) is 11.1 Å². The van der Waals surface area contributed by atoms with Crippen LogP contribution in [0, 0.1) is 11.3 Å². The van der Waals surface area contributed by atoms with Crippen molar-refractivity contribution in [3.8, 4) is 0 Å². The molecule has 0 saturated carbocycles. The summed E-state index contributed by atoms with van der Waals surface area (Å²) in [6, 6.07) is 0. The van der Waals surface area contributed by atoms with Gasteiger partial charge < -0.3 is 11.1 Å². The van der Waals surface area contributed by atoms with Crippen LogP contribution in [0.4, 0.5) is 0 Å². The van der Waals surface area contributed by atoms with Crippen molar-refractivity contribution >= 4 is 12.1 Å². The molecule has 0 fully saturated rings. The van der Waals surface area contributed by atoms with E-state index in [9.17, 15) is 4.79 Å². The molecule has 102 valence electrons. The molecule has 0 aliphatic heterocycles. The van der Waals surface area contributed by atoms with Gasteiger partial charge >= 0.3 is 0 Å². The quantitative estimate of drug-likeness (QED) is 0.534. The number of amides is 1. The number of nitrogens with one attached hydrogen (secondary N) is 1. The van der Waals surface area contributed by atoms with Crippen LogP contribution in [-0.4, -0.2) is 12.1 Å². The minimum atomic E-state index is -0.684. The van der Waals surface area contributed by atoms with Crippen LogP contribution in [-0.2, 0) is 4.79 Å². The van der Waals surface area contributed by atoms with Crippen molar-refractivity contribution in [2.75, 3.05) is 0 Å². The van der Waals surface area contributed by atoms with Crippen molar-refractivity contribution < 1.29 is 4.79 Å². The maximum atomic E-state index is 11.0. The first-order valence-corrected chi connectivity index (χ1v) is 5.97. The molecule has 0 bridgehead atoms. The summed E-state index contributed by atoms with van der Waals surface area (Å²) in [7, 11) is 0. The lowest BCUT2D eigenvalue weighted by Gasteiger charge is -2.06. The minimum Gasteiger partial charge on any atom is -0.369 e. The molecule has 1 unspecified atom stereocenters.